The molecule has 3 nitrogen and oxygen atoms in total. The predicted molar refractivity (Wildman–Crippen MR) is 288 cm³/mol. The first-order chi connectivity index (χ1) is 33.5. The van der Waals surface area contributed by atoms with Crippen LogP contribution in [0.3, 0.4) is 0 Å². The van der Waals surface area contributed by atoms with E-state index in [1.54, 1.807) is 0 Å². The van der Waals surface area contributed by atoms with Crippen LogP contribution in [0, 0.1) is 0 Å². The molecule has 0 bridgehead atoms. The minimum atomic E-state index is 0.465. The summed E-state index contributed by atoms with van der Waals surface area (Å²) < 4.78 is 6.82. The summed E-state index contributed by atoms with van der Waals surface area (Å²) in [5, 5.41) is 6.77. The Bertz CT molecular complexity index is 3750. The SMILES string of the molecule is CC(C)c1ccc(-c2ccccc2N(c2ccc(-c3ccccc3)cc2)c2ccc3cc4c(cc3c2)oc2cc3cc(N(c5ccccc5)c5ccccc5-c5ccccc5)ccc3cc24)cc1. The fourth-order valence-corrected chi connectivity index (χ4v) is 9.87. The monoisotopic (exact) mass is 872 g/mol. The standard InChI is InChI=1S/C65H48N2O/c1-44(2)45-26-28-49(29-27-45)59-23-13-15-25-63(59)67(55-34-30-47(31-35-55)46-16-6-3-7-17-46)57-37-33-51-41-61-60-40-50-32-36-56(38-52(50)42-64(60)68-65(61)43-53(51)39-57)66(54-20-10-5-11-21-54)62-24-14-12-22-58(62)48-18-8-4-9-19-48/h3-44H,1-2H3. The van der Waals surface area contributed by atoms with E-state index in [4.69, 9.17) is 4.42 Å². The molecule has 0 spiro atoms. The average molecular weight is 873 g/mol. The zero-order valence-electron chi connectivity index (χ0n) is 38.1. The van der Waals surface area contributed by atoms with Gasteiger partial charge in [0.25, 0.3) is 0 Å². The molecule has 0 unspecified atom stereocenters. The highest BCUT2D eigenvalue weighted by molar-refractivity contribution is 6.14. The maximum absolute atomic E-state index is 6.82. The van der Waals surface area contributed by atoms with Crippen LogP contribution in [0.1, 0.15) is 25.3 Å². The van der Waals surface area contributed by atoms with Crippen LogP contribution >= 0.6 is 0 Å². The lowest BCUT2D eigenvalue weighted by Gasteiger charge is -2.28. The molecule has 324 valence electrons. The summed E-state index contributed by atoms with van der Waals surface area (Å²) in [5.74, 6) is 0.465. The largest absolute Gasteiger partial charge is 0.456 e. The highest BCUT2D eigenvalue weighted by Gasteiger charge is 2.21. The van der Waals surface area contributed by atoms with Gasteiger partial charge in [0, 0.05) is 44.6 Å². The number of nitrogens with zero attached hydrogens (tertiary/aromatic N) is 2. The van der Waals surface area contributed by atoms with Gasteiger partial charge in [-0.1, -0.05) is 178 Å². The number of fused-ring (bicyclic) bond motifs is 5. The molecular weight excluding hydrogens is 825 g/mol. The quantitative estimate of drug-likeness (QED) is 0.136. The summed E-state index contributed by atoms with van der Waals surface area (Å²) in [4.78, 5) is 4.75. The lowest BCUT2D eigenvalue weighted by Crippen LogP contribution is -2.11. The van der Waals surface area contributed by atoms with Gasteiger partial charge in [-0.15, -0.1) is 0 Å². The summed E-state index contributed by atoms with van der Waals surface area (Å²) in [6, 6.07) is 89.8. The molecule has 0 amide bonds. The summed E-state index contributed by atoms with van der Waals surface area (Å²) in [7, 11) is 0. The highest BCUT2D eigenvalue weighted by atomic mass is 16.3. The normalized spacial score (nSPS) is 11.5. The number of rotatable bonds is 10. The molecule has 0 N–H and O–H groups in total. The third-order valence-electron chi connectivity index (χ3n) is 13.4. The number of benzene rings is 11. The summed E-state index contributed by atoms with van der Waals surface area (Å²) in [5.41, 5.74) is 16.7. The minimum absolute atomic E-state index is 0.465. The van der Waals surface area contributed by atoms with E-state index in [1.807, 2.05) is 0 Å². The van der Waals surface area contributed by atoms with Crippen molar-refractivity contribution in [3.05, 3.63) is 254 Å². The highest BCUT2D eigenvalue weighted by Crippen LogP contribution is 2.45. The van der Waals surface area contributed by atoms with Crippen molar-refractivity contribution in [2.45, 2.75) is 19.8 Å². The zero-order valence-corrected chi connectivity index (χ0v) is 38.1. The van der Waals surface area contributed by atoms with Crippen LogP contribution in [-0.2, 0) is 0 Å². The van der Waals surface area contributed by atoms with E-state index in [1.165, 1.54) is 38.9 Å². The van der Waals surface area contributed by atoms with Crippen LogP contribution in [-0.4, -0.2) is 0 Å². The number of hydrogen-bond donors (Lipinski definition) is 0. The third kappa shape index (κ3) is 7.54. The lowest BCUT2D eigenvalue weighted by molar-refractivity contribution is 0.670. The first-order valence-electron chi connectivity index (χ1n) is 23.5. The van der Waals surface area contributed by atoms with Gasteiger partial charge in [0.15, 0.2) is 0 Å². The molecule has 1 aromatic heterocycles. The molecule has 0 saturated heterocycles. The van der Waals surface area contributed by atoms with E-state index < -0.39 is 0 Å². The summed E-state index contributed by atoms with van der Waals surface area (Å²) >= 11 is 0. The molecule has 0 saturated carbocycles. The third-order valence-corrected chi connectivity index (χ3v) is 13.4. The maximum atomic E-state index is 6.82. The lowest BCUT2D eigenvalue weighted by atomic mass is 9.97. The van der Waals surface area contributed by atoms with Gasteiger partial charge in [0.2, 0.25) is 0 Å². The molecule has 0 aliphatic carbocycles. The van der Waals surface area contributed by atoms with Crippen molar-refractivity contribution in [1.82, 2.24) is 0 Å². The smallest absolute Gasteiger partial charge is 0.136 e. The van der Waals surface area contributed by atoms with Crippen molar-refractivity contribution in [1.29, 1.82) is 0 Å². The first kappa shape index (κ1) is 40.8. The molecule has 12 aromatic rings. The van der Waals surface area contributed by atoms with E-state index in [2.05, 4.69) is 272 Å². The van der Waals surface area contributed by atoms with Crippen molar-refractivity contribution >= 4 is 77.6 Å². The Labute approximate surface area is 397 Å². The van der Waals surface area contributed by atoms with Crippen LogP contribution in [0.15, 0.2) is 253 Å². The van der Waals surface area contributed by atoms with Crippen molar-refractivity contribution in [3.8, 4) is 33.4 Å². The van der Waals surface area contributed by atoms with Gasteiger partial charge in [-0.2, -0.15) is 0 Å². The predicted octanol–water partition coefficient (Wildman–Crippen LogP) is 19.0. The van der Waals surface area contributed by atoms with E-state index >= 15 is 0 Å². The molecule has 0 aliphatic heterocycles. The minimum Gasteiger partial charge on any atom is -0.456 e. The van der Waals surface area contributed by atoms with E-state index in [-0.39, 0.29) is 0 Å². The molecular formula is C65H48N2O. The Morgan fingerprint density at radius 3 is 1.22 bits per heavy atom. The molecule has 68 heavy (non-hydrogen) atoms. The van der Waals surface area contributed by atoms with Crippen LogP contribution in [0.4, 0.5) is 34.1 Å². The Balaban J connectivity index is 0.963. The van der Waals surface area contributed by atoms with Crippen molar-refractivity contribution < 1.29 is 4.42 Å². The van der Waals surface area contributed by atoms with Crippen molar-refractivity contribution in [3.63, 3.8) is 0 Å². The molecule has 0 fully saturated rings. The average Bonchev–Trinajstić information content (AvgIpc) is 3.74. The second-order valence-electron chi connectivity index (χ2n) is 18.0. The fourth-order valence-electron chi connectivity index (χ4n) is 9.87. The van der Waals surface area contributed by atoms with Gasteiger partial charge in [0.05, 0.1) is 11.4 Å². The van der Waals surface area contributed by atoms with Crippen molar-refractivity contribution in [2.75, 3.05) is 9.80 Å². The molecule has 1 heterocycles. The van der Waals surface area contributed by atoms with Crippen molar-refractivity contribution in [2.24, 2.45) is 0 Å². The topological polar surface area (TPSA) is 19.6 Å². The molecule has 11 aromatic carbocycles. The Kier molecular flexibility index (Phi) is 10.4. The number of para-hydroxylation sites is 3. The Hall–Kier alpha value is -8.66. The number of furan rings is 1. The van der Waals surface area contributed by atoms with Crippen LogP contribution in [0.2, 0.25) is 0 Å². The van der Waals surface area contributed by atoms with Gasteiger partial charge in [-0.3, -0.25) is 0 Å². The van der Waals surface area contributed by atoms with Gasteiger partial charge in [-0.25, -0.2) is 0 Å². The van der Waals surface area contributed by atoms with Gasteiger partial charge in [-0.05, 0) is 140 Å². The second kappa shape index (κ2) is 17.3. The molecule has 0 aliphatic rings. The maximum Gasteiger partial charge on any atom is 0.136 e. The molecule has 0 radical (unpaired) electrons. The number of anilines is 6. The van der Waals surface area contributed by atoms with Crippen LogP contribution < -0.4 is 9.80 Å². The molecule has 0 atom stereocenters. The van der Waals surface area contributed by atoms with Gasteiger partial charge < -0.3 is 14.2 Å². The van der Waals surface area contributed by atoms with Gasteiger partial charge in [0.1, 0.15) is 11.2 Å². The Morgan fingerprint density at radius 2 is 0.706 bits per heavy atom. The van der Waals surface area contributed by atoms with Crippen LogP contribution in [0.25, 0.3) is 76.9 Å². The first-order valence-corrected chi connectivity index (χ1v) is 23.5. The van der Waals surface area contributed by atoms with Crippen LogP contribution in [0.5, 0.6) is 0 Å². The molecule has 12 rings (SSSR count). The van der Waals surface area contributed by atoms with Gasteiger partial charge >= 0.3 is 0 Å². The Morgan fingerprint density at radius 1 is 0.309 bits per heavy atom. The van der Waals surface area contributed by atoms with E-state index in [0.29, 0.717) is 5.92 Å². The zero-order chi connectivity index (χ0) is 45.6. The van der Waals surface area contributed by atoms with E-state index in [0.717, 1.165) is 77.6 Å². The fraction of sp³-hybridized carbons (Fsp3) is 0.0462. The number of hydrogen-bond acceptors (Lipinski definition) is 3. The van der Waals surface area contributed by atoms with E-state index in [9.17, 15) is 0 Å². The summed E-state index contributed by atoms with van der Waals surface area (Å²) in [6.45, 7) is 4.49. The second-order valence-corrected chi connectivity index (χ2v) is 18.0. The summed E-state index contributed by atoms with van der Waals surface area (Å²) in [6.07, 6.45) is 0. The molecule has 3 heteroatoms.